The summed E-state index contributed by atoms with van der Waals surface area (Å²) in [6, 6.07) is 3.22. The van der Waals surface area contributed by atoms with Crippen LogP contribution in [0.25, 0.3) is 0 Å². The molecule has 0 unspecified atom stereocenters. The van der Waals surface area contributed by atoms with Crippen molar-refractivity contribution in [2.45, 2.75) is 39.2 Å². The molecule has 1 aromatic rings. The number of aliphatic hydroxyl groups excluding tert-OH is 1. The minimum Gasteiger partial charge on any atom is -0.395 e. The van der Waals surface area contributed by atoms with Gasteiger partial charge in [0.05, 0.1) is 13.0 Å². The molecule has 5 heteroatoms. The summed E-state index contributed by atoms with van der Waals surface area (Å²) in [6.45, 7) is 4.02. The summed E-state index contributed by atoms with van der Waals surface area (Å²) in [5.41, 5.74) is 0.172. The molecule has 0 saturated carbocycles. The van der Waals surface area contributed by atoms with Crippen LogP contribution < -0.4 is 0 Å². The molecule has 1 N–H and O–H groups in total. The van der Waals surface area contributed by atoms with Crippen LogP contribution in [0.15, 0.2) is 18.2 Å². The number of hydrogen-bond donors (Lipinski definition) is 1. The van der Waals surface area contributed by atoms with Crippen LogP contribution in [0.4, 0.5) is 8.78 Å². The zero-order valence-electron chi connectivity index (χ0n) is 11.9. The van der Waals surface area contributed by atoms with Gasteiger partial charge < -0.3 is 10.0 Å². The van der Waals surface area contributed by atoms with Gasteiger partial charge in [-0.1, -0.05) is 19.9 Å². The monoisotopic (exact) mass is 285 g/mol. The Morgan fingerprint density at radius 2 is 1.95 bits per heavy atom. The highest BCUT2D eigenvalue weighted by Gasteiger charge is 2.21. The lowest BCUT2D eigenvalue weighted by molar-refractivity contribution is -0.133. The molecule has 1 rings (SSSR count). The minimum absolute atomic E-state index is 0.0261. The van der Waals surface area contributed by atoms with Gasteiger partial charge in [0.2, 0.25) is 5.91 Å². The molecule has 0 bridgehead atoms. The molecule has 0 fully saturated rings. The van der Waals surface area contributed by atoms with E-state index in [1.54, 1.807) is 4.90 Å². The standard InChI is InChI=1S/C15H21F2NO2/c1-3-13(4-2)18(7-8-19)15(20)9-11-5-6-12(16)10-14(11)17/h5-6,10,13,19H,3-4,7-9H2,1-2H3. The fourth-order valence-electron chi connectivity index (χ4n) is 2.28. The number of benzene rings is 1. The Morgan fingerprint density at radius 1 is 1.30 bits per heavy atom. The molecule has 3 nitrogen and oxygen atoms in total. The number of carbonyl (C=O) groups excluding carboxylic acids is 1. The van der Waals surface area contributed by atoms with Crippen LogP contribution in [0.3, 0.4) is 0 Å². The van der Waals surface area contributed by atoms with E-state index in [0.29, 0.717) is 0 Å². The molecule has 0 aliphatic rings. The van der Waals surface area contributed by atoms with Gasteiger partial charge in [-0.2, -0.15) is 0 Å². The van der Waals surface area contributed by atoms with Gasteiger partial charge in [0, 0.05) is 18.7 Å². The quantitative estimate of drug-likeness (QED) is 0.836. The van der Waals surface area contributed by atoms with Crippen LogP contribution in [0.2, 0.25) is 0 Å². The van der Waals surface area contributed by atoms with E-state index in [4.69, 9.17) is 5.11 Å². The Bertz CT molecular complexity index is 447. The van der Waals surface area contributed by atoms with Crippen molar-refractivity contribution in [1.82, 2.24) is 4.90 Å². The van der Waals surface area contributed by atoms with Crippen LogP contribution >= 0.6 is 0 Å². The van der Waals surface area contributed by atoms with Crippen molar-refractivity contribution >= 4 is 5.91 Å². The Kier molecular flexibility index (Phi) is 6.58. The molecule has 1 amide bonds. The number of amides is 1. The number of halogens is 2. The number of aliphatic hydroxyl groups is 1. The first-order valence-electron chi connectivity index (χ1n) is 6.87. The van der Waals surface area contributed by atoms with Gasteiger partial charge in [-0.15, -0.1) is 0 Å². The van der Waals surface area contributed by atoms with Crippen molar-refractivity contribution in [1.29, 1.82) is 0 Å². The van der Waals surface area contributed by atoms with E-state index in [-0.39, 0.29) is 37.1 Å². The lowest BCUT2D eigenvalue weighted by Crippen LogP contribution is -2.42. The van der Waals surface area contributed by atoms with Crippen LogP contribution in [0.5, 0.6) is 0 Å². The Hall–Kier alpha value is -1.49. The Balaban J connectivity index is 2.84. The molecule has 0 aliphatic heterocycles. The molecule has 0 spiro atoms. The number of nitrogens with zero attached hydrogens (tertiary/aromatic N) is 1. The van der Waals surface area contributed by atoms with E-state index in [9.17, 15) is 13.6 Å². The third-order valence-electron chi connectivity index (χ3n) is 3.40. The van der Waals surface area contributed by atoms with Gasteiger partial charge in [0.15, 0.2) is 0 Å². The SMILES string of the molecule is CCC(CC)N(CCO)C(=O)Cc1ccc(F)cc1F. The summed E-state index contributed by atoms with van der Waals surface area (Å²) in [5.74, 6) is -1.63. The molecule has 0 saturated heterocycles. The second-order valence-electron chi connectivity index (χ2n) is 4.69. The molecule has 0 atom stereocenters. The largest absolute Gasteiger partial charge is 0.395 e. The van der Waals surface area contributed by atoms with Gasteiger partial charge in [0.25, 0.3) is 0 Å². The van der Waals surface area contributed by atoms with Crippen LogP contribution in [0, 0.1) is 11.6 Å². The second kappa shape index (κ2) is 7.94. The average Bonchev–Trinajstić information content (AvgIpc) is 2.42. The third-order valence-corrected chi connectivity index (χ3v) is 3.40. The molecular formula is C15H21F2NO2. The summed E-state index contributed by atoms with van der Waals surface area (Å²) in [7, 11) is 0. The zero-order valence-corrected chi connectivity index (χ0v) is 11.9. The van der Waals surface area contributed by atoms with Crippen molar-refractivity contribution in [3.63, 3.8) is 0 Å². The van der Waals surface area contributed by atoms with Crippen molar-refractivity contribution < 1.29 is 18.7 Å². The molecular weight excluding hydrogens is 264 g/mol. The zero-order chi connectivity index (χ0) is 15.1. The maximum atomic E-state index is 13.6. The lowest BCUT2D eigenvalue weighted by Gasteiger charge is -2.30. The van der Waals surface area contributed by atoms with Crippen molar-refractivity contribution in [3.05, 3.63) is 35.4 Å². The fourth-order valence-corrected chi connectivity index (χ4v) is 2.28. The predicted octanol–water partition coefficient (Wildman–Crippen LogP) is 2.52. The number of rotatable bonds is 7. The van der Waals surface area contributed by atoms with Gasteiger partial charge in [0.1, 0.15) is 11.6 Å². The highest BCUT2D eigenvalue weighted by Crippen LogP contribution is 2.14. The average molecular weight is 285 g/mol. The maximum Gasteiger partial charge on any atom is 0.227 e. The first kappa shape index (κ1) is 16.6. The normalized spacial score (nSPS) is 10.9. The highest BCUT2D eigenvalue weighted by molar-refractivity contribution is 5.79. The molecule has 0 radical (unpaired) electrons. The van der Waals surface area contributed by atoms with E-state index in [1.807, 2.05) is 13.8 Å². The van der Waals surface area contributed by atoms with Crippen LogP contribution in [0.1, 0.15) is 32.3 Å². The van der Waals surface area contributed by atoms with Crippen LogP contribution in [-0.4, -0.2) is 35.1 Å². The topological polar surface area (TPSA) is 40.5 Å². The van der Waals surface area contributed by atoms with Gasteiger partial charge in [-0.05, 0) is 24.5 Å². The van der Waals surface area contributed by atoms with Crippen molar-refractivity contribution in [2.75, 3.05) is 13.2 Å². The second-order valence-corrected chi connectivity index (χ2v) is 4.69. The van der Waals surface area contributed by atoms with Gasteiger partial charge in [-0.3, -0.25) is 4.79 Å². The highest BCUT2D eigenvalue weighted by atomic mass is 19.1. The van der Waals surface area contributed by atoms with E-state index >= 15 is 0 Å². The summed E-state index contributed by atoms with van der Waals surface area (Å²) < 4.78 is 26.4. The molecule has 20 heavy (non-hydrogen) atoms. The fraction of sp³-hybridized carbons (Fsp3) is 0.533. The first-order valence-corrected chi connectivity index (χ1v) is 6.87. The molecule has 1 aromatic carbocycles. The Labute approximate surface area is 118 Å². The summed E-state index contributed by atoms with van der Waals surface area (Å²) in [4.78, 5) is 13.8. The molecule has 112 valence electrons. The predicted molar refractivity (Wildman–Crippen MR) is 73.2 cm³/mol. The first-order chi connectivity index (χ1) is 9.53. The minimum atomic E-state index is -0.716. The van der Waals surface area contributed by atoms with Crippen molar-refractivity contribution in [3.8, 4) is 0 Å². The van der Waals surface area contributed by atoms with Crippen molar-refractivity contribution in [2.24, 2.45) is 0 Å². The summed E-state index contributed by atoms with van der Waals surface area (Å²) in [6.07, 6.45) is 1.42. The summed E-state index contributed by atoms with van der Waals surface area (Å²) >= 11 is 0. The van der Waals surface area contributed by atoms with Gasteiger partial charge >= 0.3 is 0 Å². The Morgan fingerprint density at radius 3 is 2.45 bits per heavy atom. The molecule has 0 heterocycles. The molecule has 0 aliphatic carbocycles. The lowest BCUT2D eigenvalue weighted by atomic mass is 10.1. The number of hydrogen-bond acceptors (Lipinski definition) is 2. The maximum absolute atomic E-state index is 13.6. The van der Waals surface area contributed by atoms with E-state index in [2.05, 4.69) is 0 Å². The summed E-state index contributed by atoms with van der Waals surface area (Å²) in [5, 5.41) is 9.07. The molecule has 0 aromatic heterocycles. The van der Waals surface area contributed by atoms with E-state index in [1.165, 1.54) is 6.07 Å². The number of carbonyl (C=O) groups is 1. The smallest absolute Gasteiger partial charge is 0.227 e. The van der Waals surface area contributed by atoms with E-state index < -0.39 is 11.6 Å². The van der Waals surface area contributed by atoms with Gasteiger partial charge in [-0.25, -0.2) is 8.78 Å². The van der Waals surface area contributed by atoms with Crippen LogP contribution in [-0.2, 0) is 11.2 Å². The van der Waals surface area contributed by atoms with E-state index in [0.717, 1.165) is 25.0 Å². The third kappa shape index (κ3) is 4.27.